The molecule has 94 valence electrons. The van der Waals surface area contributed by atoms with Gasteiger partial charge >= 0.3 is 0 Å². The molecule has 0 radical (unpaired) electrons. The number of benzene rings is 1. The summed E-state index contributed by atoms with van der Waals surface area (Å²) in [5.41, 5.74) is 1.25. The van der Waals surface area contributed by atoms with E-state index in [1.54, 1.807) is 7.11 Å². The molecule has 1 atom stereocenters. The number of piperazine rings is 1. The Hall–Kier alpha value is -0.770. The number of hydrogen-bond donors (Lipinski definition) is 1. The molecule has 0 aromatic heterocycles. The van der Waals surface area contributed by atoms with Crippen molar-refractivity contribution in [2.24, 2.45) is 0 Å². The molecule has 1 aliphatic heterocycles. The molecule has 0 aliphatic carbocycles. The topological polar surface area (TPSA) is 24.5 Å². The molecule has 1 aromatic carbocycles. The molecule has 1 saturated heterocycles. The van der Waals surface area contributed by atoms with Crippen LogP contribution in [0.25, 0.3) is 0 Å². The van der Waals surface area contributed by atoms with Crippen LogP contribution in [0.1, 0.15) is 12.5 Å². The highest BCUT2D eigenvalue weighted by Crippen LogP contribution is 2.25. The highest BCUT2D eigenvalue weighted by atomic mass is 35.5. The van der Waals surface area contributed by atoms with Gasteiger partial charge in [-0.1, -0.05) is 17.7 Å². The first-order chi connectivity index (χ1) is 8.20. The molecule has 17 heavy (non-hydrogen) atoms. The number of hydrogen-bond acceptors (Lipinski definition) is 3. The Bertz CT molecular complexity index is 384. The second kappa shape index (κ2) is 5.71. The Morgan fingerprint density at radius 2 is 2.35 bits per heavy atom. The quantitative estimate of drug-likeness (QED) is 0.895. The fourth-order valence-corrected chi connectivity index (χ4v) is 2.35. The van der Waals surface area contributed by atoms with Crippen molar-refractivity contribution in [3.63, 3.8) is 0 Å². The number of rotatable bonds is 3. The van der Waals surface area contributed by atoms with E-state index in [2.05, 4.69) is 23.2 Å². The normalized spacial score (nSPS) is 21.5. The Balaban J connectivity index is 2.07. The Kier molecular flexibility index (Phi) is 4.26. The average Bonchev–Trinajstić information content (AvgIpc) is 2.34. The van der Waals surface area contributed by atoms with E-state index in [9.17, 15) is 0 Å². The molecule has 0 unspecified atom stereocenters. The van der Waals surface area contributed by atoms with Crippen LogP contribution >= 0.6 is 11.6 Å². The molecular formula is C13H19ClN2O. The summed E-state index contributed by atoms with van der Waals surface area (Å²) in [7, 11) is 1.65. The van der Waals surface area contributed by atoms with Crippen molar-refractivity contribution >= 4 is 11.6 Å². The van der Waals surface area contributed by atoms with E-state index in [4.69, 9.17) is 16.3 Å². The minimum Gasteiger partial charge on any atom is -0.495 e. The van der Waals surface area contributed by atoms with Gasteiger partial charge in [-0.25, -0.2) is 0 Å². The number of methoxy groups -OCH3 is 1. The van der Waals surface area contributed by atoms with E-state index < -0.39 is 0 Å². The molecule has 0 amide bonds. The first kappa shape index (κ1) is 12.7. The Morgan fingerprint density at radius 1 is 1.53 bits per heavy atom. The van der Waals surface area contributed by atoms with Gasteiger partial charge in [0.1, 0.15) is 5.75 Å². The SMILES string of the molecule is COc1cc(CN2CCNC[C@H]2C)ccc1Cl. The molecule has 1 fully saturated rings. The zero-order valence-electron chi connectivity index (χ0n) is 10.4. The molecule has 2 rings (SSSR count). The maximum atomic E-state index is 6.02. The largest absolute Gasteiger partial charge is 0.495 e. The van der Waals surface area contributed by atoms with E-state index in [1.165, 1.54) is 5.56 Å². The van der Waals surface area contributed by atoms with Crippen LogP contribution in [-0.2, 0) is 6.54 Å². The number of halogens is 1. The standard InChI is InChI=1S/C13H19ClN2O/c1-10-8-15-5-6-16(10)9-11-3-4-12(14)13(7-11)17-2/h3-4,7,10,15H,5-6,8-9H2,1-2H3/t10-/m1/s1. The predicted molar refractivity (Wildman–Crippen MR) is 70.7 cm³/mol. The second-order valence-corrected chi connectivity index (χ2v) is 4.90. The molecule has 3 nitrogen and oxygen atoms in total. The smallest absolute Gasteiger partial charge is 0.137 e. The van der Waals surface area contributed by atoms with Crippen LogP contribution in [0.5, 0.6) is 5.75 Å². The van der Waals surface area contributed by atoms with Gasteiger partial charge in [-0.3, -0.25) is 4.90 Å². The van der Waals surface area contributed by atoms with Gasteiger partial charge < -0.3 is 10.1 Å². The third-order valence-electron chi connectivity index (χ3n) is 3.24. The van der Waals surface area contributed by atoms with Crippen LogP contribution in [0.2, 0.25) is 5.02 Å². The summed E-state index contributed by atoms with van der Waals surface area (Å²) in [4.78, 5) is 2.47. The van der Waals surface area contributed by atoms with E-state index in [1.807, 2.05) is 12.1 Å². The van der Waals surface area contributed by atoms with Gasteiger partial charge in [0.2, 0.25) is 0 Å². The van der Waals surface area contributed by atoms with Crippen molar-refractivity contribution in [3.05, 3.63) is 28.8 Å². The monoisotopic (exact) mass is 254 g/mol. The van der Waals surface area contributed by atoms with Crippen LogP contribution in [-0.4, -0.2) is 37.7 Å². The van der Waals surface area contributed by atoms with Crippen molar-refractivity contribution < 1.29 is 4.74 Å². The predicted octanol–water partition coefficient (Wildman–Crippen LogP) is 2.14. The first-order valence-electron chi connectivity index (χ1n) is 5.98. The van der Waals surface area contributed by atoms with Gasteiger partial charge in [0.15, 0.2) is 0 Å². The van der Waals surface area contributed by atoms with Crippen LogP contribution in [0.3, 0.4) is 0 Å². The third-order valence-corrected chi connectivity index (χ3v) is 3.55. The maximum absolute atomic E-state index is 6.02. The fourth-order valence-electron chi connectivity index (χ4n) is 2.16. The minimum absolute atomic E-state index is 0.574. The summed E-state index contributed by atoms with van der Waals surface area (Å²) in [6.45, 7) is 6.42. The maximum Gasteiger partial charge on any atom is 0.137 e. The van der Waals surface area contributed by atoms with Crippen molar-refractivity contribution in [2.75, 3.05) is 26.7 Å². The highest BCUT2D eigenvalue weighted by molar-refractivity contribution is 6.32. The molecule has 0 spiro atoms. The highest BCUT2D eigenvalue weighted by Gasteiger charge is 2.18. The lowest BCUT2D eigenvalue weighted by Crippen LogP contribution is -2.49. The molecule has 1 aliphatic rings. The second-order valence-electron chi connectivity index (χ2n) is 4.49. The van der Waals surface area contributed by atoms with Gasteiger partial charge in [0.05, 0.1) is 12.1 Å². The molecule has 0 bridgehead atoms. The molecule has 1 aromatic rings. The lowest BCUT2D eigenvalue weighted by molar-refractivity contribution is 0.165. The fraction of sp³-hybridized carbons (Fsp3) is 0.538. The summed E-state index contributed by atoms with van der Waals surface area (Å²) in [5, 5.41) is 4.07. The molecule has 1 N–H and O–H groups in total. The van der Waals surface area contributed by atoms with Crippen molar-refractivity contribution in [3.8, 4) is 5.75 Å². The van der Waals surface area contributed by atoms with E-state index in [0.29, 0.717) is 11.1 Å². The molecule has 4 heteroatoms. The third kappa shape index (κ3) is 3.12. The number of nitrogens with zero attached hydrogens (tertiary/aromatic N) is 1. The van der Waals surface area contributed by atoms with Gasteiger partial charge in [-0.05, 0) is 24.6 Å². The van der Waals surface area contributed by atoms with E-state index in [0.717, 1.165) is 31.9 Å². The zero-order valence-corrected chi connectivity index (χ0v) is 11.1. The summed E-state index contributed by atoms with van der Waals surface area (Å²) in [6, 6.07) is 6.57. The van der Waals surface area contributed by atoms with E-state index >= 15 is 0 Å². The van der Waals surface area contributed by atoms with Gasteiger partial charge in [0, 0.05) is 32.2 Å². The Morgan fingerprint density at radius 3 is 3.06 bits per heavy atom. The van der Waals surface area contributed by atoms with Gasteiger partial charge in [-0.15, -0.1) is 0 Å². The number of nitrogens with one attached hydrogen (secondary N) is 1. The molecule has 0 saturated carbocycles. The van der Waals surface area contributed by atoms with Crippen molar-refractivity contribution in [1.29, 1.82) is 0 Å². The zero-order chi connectivity index (χ0) is 12.3. The van der Waals surface area contributed by atoms with E-state index in [-0.39, 0.29) is 0 Å². The van der Waals surface area contributed by atoms with Crippen LogP contribution in [0.4, 0.5) is 0 Å². The number of ether oxygens (including phenoxy) is 1. The summed E-state index contributed by atoms with van der Waals surface area (Å²) < 4.78 is 5.24. The van der Waals surface area contributed by atoms with Gasteiger partial charge in [0.25, 0.3) is 0 Å². The minimum atomic E-state index is 0.574. The summed E-state index contributed by atoms with van der Waals surface area (Å²) in [5.74, 6) is 0.756. The Labute approximate surface area is 108 Å². The summed E-state index contributed by atoms with van der Waals surface area (Å²) in [6.07, 6.45) is 0. The van der Waals surface area contributed by atoms with Crippen LogP contribution < -0.4 is 10.1 Å². The van der Waals surface area contributed by atoms with Gasteiger partial charge in [-0.2, -0.15) is 0 Å². The van der Waals surface area contributed by atoms with Crippen molar-refractivity contribution in [2.45, 2.75) is 19.5 Å². The van der Waals surface area contributed by atoms with Crippen LogP contribution in [0.15, 0.2) is 18.2 Å². The van der Waals surface area contributed by atoms with Crippen LogP contribution in [0, 0.1) is 0 Å². The first-order valence-corrected chi connectivity index (χ1v) is 6.35. The lowest BCUT2D eigenvalue weighted by Gasteiger charge is -2.33. The average molecular weight is 255 g/mol. The summed E-state index contributed by atoms with van der Waals surface area (Å²) >= 11 is 6.02. The van der Waals surface area contributed by atoms with Crippen molar-refractivity contribution in [1.82, 2.24) is 10.2 Å². The molecule has 1 heterocycles. The lowest BCUT2D eigenvalue weighted by atomic mass is 10.1. The molecular weight excluding hydrogens is 236 g/mol.